The van der Waals surface area contributed by atoms with E-state index in [0.717, 1.165) is 13.1 Å². The van der Waals surface area contributed by atoms with Gasteiger partial charge in [-0.25, -0.2) is 8.78 Å². The fourth-order valence-corrected chi connectivity index (χ4v) is 4.23. The average molecular weight is 338 g/mol. The number of benzene rings is 1. The minimum absolute atomic E-state index is 0.183. The maximum absolute atomic E-state index is 13.9. The number of piperazine rings is 1. The molecule has 0 radical (unpaired) electrons. The van der Waals surface area contributed by atoms with E-state index in [9.17, 15) is 13.9 Å². The van der Waals surface area contributed by atoms with Crippen molar-refractivity contribution in [2.24, 2.45) is 0 Å². The van der Waals surface area contributed by atoms with Gasteiger partial charge in [-0.05, 0) is 32.3 Å². The van der Waals surface area contributed by atoms with E-state index in [1.165, 1.54) is 5.56 Å². The van der Waals surface area contributed by atoms with Gasteiger partial charge >= 0.3 is 0 Å². The van der Waals surface area contributed by atoms with Gasteiger partial charge in [-0.15, -0.1) is 0 Å². The van der Waals surface area contributed by atoms with Crippen molar-refractivity contribution in [1.82, 2.24) is 9.80 Å². The molecule has 2 fully saturated rings. The van der Waals surface area contributed by atoms with Gasteiger partial charge in [0.05, 0.1) is 0 Å². The van der Waals surface area contributed by atoms with Crippen molar-refractivity contribution < 1.29 is 13.9 Å². The molecule has 1 saturated heterocycles. The first-order valence-electron chi connectivity index (χ1n) is 9.01. The van der Waals surface area contributed by atoms with Crippen LogP contribution in [0.1, 0.15) is 44.7 Å². The third-order valence-electron chi connectivity index (χ3n) is 5.58. The van der Waals surface area contributed by atoms with E-state index in [2.05, 4.69) is 35.8 Å². The Morgan fingerprint density at radius 3 is 2.54 bits per heavy atom. The molecule has 0 spiro atoms. The molecule has 24 heavy (non-hydrogen) atoms. The monoisotopic (exact) mass is 338 g/mol. The summed E-state index contributed by atoms with van der Waals surface area (Å²) in [6.45, 7) is 6.62. The van der Waals surface area contributed by atoms with Crippen LogP contribution >= 0.6 is 0 Å². The number of aliphatic hydroxyl groups excluding tert-OH is 1. The summed E-state index contributed by atoms with van der Waals surface area (Å²) in [5.41, 5.74) is 1.22. The van der Waals surface area contributed by atoms with Crippen molar-refractivity contribution in [2.75, 3.05) is 19.6 Å². The Labute approximate surface area is 143 Å². The third-order valence-corrected chi connectivity index (χ3v) is 5.58. The van der Waals surface area contributed by atoms with Crippen molar-refractivity contribution in [3.63, 3.8) is 0 Å². The van der Waals surface area contributed by atoms with Gasteiger partial charge in [0.1, 0.15) is 6.10 Å². The van der Waals surface area contributed by atoms with Crippen molar-refractivity contribution in [2.45, 2.75) is 63.3 Å². The molecule has 0 bridgehead atoms. The minimum Gasteiger partial charge on any atom is -0.385 e. The van der Waals surface area contributed by atoms with Crippen LogP contribution in [0.5, 0.6) is 0 Å². The highest BCUT2D eigenvalue weighted by Gasteiger charge is 2.49. The van der Waals surface area contributed by atoms with Crippen LogP contribution in [0.15, 0.2) is 30.3 Å². The molecule has 5 heteroatoms. The van der Waals surface area contributed by atoms with E-state index >= 15 is 0 Å². The van der Waals surface area contributed by atoms with Crippen LogP contribution < -0.4 is 0 Å². The van der Waals surface area contributed by atoms with Crippen LogP contribution in [0.3, 0.4) is 0 Å². The summed E-state index contributed by atoms with van der Waals surface area (Å²) in [5, 5.41) is 10.2. The summed E-state index contributed by atoms with van der Waals surface area (Å²) < 4.78 is 27.9. The number of rotatable bonds is 3. The molecular weight excluding hydrogens is 310 g/mol. The number of halogens is 2. The van der Waals surface area contributed by atoms with Crippen LogP contribution in [0, 0.1) is 0 Å². The Kier molecular flexibility index (Phi) is 5.23. The van der Waals surface area contributed by atoms with E-state index in [4.69, 9.17) is 0 Å². The molecule has 134 valence electrons. The summed E-state index contributed by atoms with van der Waals surface area (Å²) in [6.07, 6.45) is -0.610. The quantitative estimate of drug-likeness (QED) is 0.916. The minimum atomic E-state index is -2.96. The molecule has 1 aliphatic heterocycles. The summed E-state index contributed by atoms with van der Waals surface area (Å²) in [4.78, 5) is 4.52. The molecule has 0 aromatic heterocycles. The topological polar surface area (TPSA) is 26.7 Å². The van der Waals surface area contributed by atoms with E-state index < -0.39 is 18.1 Å². The summed E-state index contributed by atoms with van der Waals surface area (Å²) in [5.74, 6) is -2.96. The Morgan fingerprint density at radius 2 is 1.88 bits per heavy atom. The fraction of sp³-hybridized carbons (Fsp3) is 0.684. The molecule has 1 unspecified atom stereocenters. The highest BCUT2D eigenvalue weighted by atomic mass is 19.3. The molecule has 3 rings (SSSR count). The van der Waals surface area contributed by atoms with Gasteiger partial charge in [-0.1, -0.05) is 30.3 Å². The van der Waals surface area contributed by atoms with Crippen LogP contribution in [0.25, 0.3) is 0 Å². The molecule has 3 nitrogen and oxygen atoms in total. The van der Waals surface area contributed by atoms with Crippen molar-refractivity contribution in [1.29, 1.82) is 0 Å². The fourth-order valence-electron chi connectivity index (χ4n) is 4.23. The zero-order valence-corrected chi connectivity index (χ0v) is 14.5. The second-order valence-electron chi connectivity index (χ2n) is 7.42. The van der Waals surface area contributed by atoms with Gasteiger partial charge in [-0.3, -0.25) is 9.80 Å². The van der Waals surface area contributed by atoms with E-state index in [-0.39, 0.29) is 12.5 Å². The van der Waals surface area contributed by atoms with Crippen LogP contribution in [-0.4, -0.2) is 58.7 Å². The first kappa shape index (κ1) is 17.8. The molecule has 1 heterocycles. The molecule has 2 aliphatic rings. The lowest BCUT2D eigenvalue weighted by Gasteiger charge is -2.49. The number of nitrogens with zero attached hydrogens (tertiary/aromatic N) is 2. The highest BCUT2D eigenvalue weighted by molar-refractivity contribution is 5.20. The van der Waals surface area contributed by atoms with Crippen molar-refractivity contribution in [3.05, 3.63) is 35.9 Å². The number of alkyl halides is 2. The van der Waals surface area contributed by atoms with Crippen LogP contribution in [0.4, 0.5) is 8.78 Å². The van der Waals surface area contributed by atoms with Crippen molar-refractivity contribution >= 4 is 0 Å². The summed E-state index contributed by atoms with van der Waals surface area (Å²) >= 11 is 0. The largest absolute Gasteiger partial charge is 0.385 e. The van der Waals surface area contributed by atoms with Crippen molar-refractivity contribution in [3.8, 4) is 0 Å². The second-order valence-corrected chi connectivity index (χ2v) is 7.42. The number of hydrogen-bond acceptors (Lipinski definition) is 3. The molecule has 1 aromatic rings. The van der Waals surface area contributed by atoms with Crippen LogP contribution in [-0.2, 0) is 0 Å². The SMILES string of the molecule is CC(C)N1CCN([C@H]2CCCC(F)(F)[C@@H]2O)CC1c1ccccc1. The Hall–Kier alpha value is -1.04. The second kappa shape index (κ2) is 7.06. The normalized spacial score (nSPS) is 32.2. The maximum atomic E-state index is 13.9. The lowest BCUT2D eigenvalue weighted by atomic mass is 9.87. The van der Waals surface area contributed by atoms with E-state index in [0.29, 0.717) is 25.4 Å². The van der Waals surface area contributed by atoms with Crippen LogP contribution in [0.2, 0.25) is 0 Å². The number of aliphatic hydroxyl groups is 1. The molecule has 0 amide bonds. The summed E-state index contributed by atoms with van der Waals surface area (Å²) in [6, 6.07) is 10.4. The predicted octanol–water partition coefficient (Wildman–Crippen LogP) is 3.30. The summed E-state index contributed by atoms with van der Waals surface area (Å²) in [7, 11) is 0. The van der Waals surface area contributed by atoms with E-state index in [1.807, 2.05) is 18.2 Å². The Bertz CT molecular complexity index is 537. The average Bonchev–Trinajstić information content (AvgIpc) is 2.57. The maximum Gasteiger partial charge on any atom is 0.275 e. The molecule has 1 saturated carbocycles. The lowest BCUT2D eigenvalue weighted by Crippen LogP contribution is -2.60. The Morgan fingerprint density at radius 1 is 1.17 bits per heavy atom. The molecular formula is C19H28F2N2O. The molecule has 1 aromatic carbocycles. The first-order chi connectivity index (χ1) is 11.4. The van der Waals surface area contributed by atoms with Gasteiger partial charge in [0.2, 0.25) is 0 Å². The Balaban J connectivity index is 1.80. The molecule has 1 aliphatic carbocycles. The van der Waals surface area contributed by atoms with Gasteiger partial charge in [0, 0.05) is 44.2 Å². The van der Waals surface area contributed by atoms with E-state index in [1.54, 1.807) is 0 Å². The number of hydrogen-bond donors (Lipinski definition) is 1. The highest BCUT2D eigenvalue weighted by Crippen LogP contribution is 2.38. The third kappa shape index (κ3) is 3.48. The molecule has 3 atom stereocenters. The predicted molar refractivity (Wildman–Crippen MR) is 91.2 cm³/mol. The smallest absolute Gasteiger partial charge is 0.275 e. The van der Waals surface area contributed by atoms with Gasteiger partial charge in [-0.2, -0.15) is 0 Å². The standard InChI is InChI=1S/C19H28F2N2O/c1-14(2)23-12-11-22(13-17(23)15-7-4-3-5-8-15)16-9-6-10-19(20,21)18(16)24/h3-5,7-8,14,16-18,24H,6,9-13H2,1-2H3/t16-,17?,18+/m0/s1. The molecule has 1 N–H and O–H groups in total. The first-order valence-corrected chi connectivity index (χ1v) is 9.01. The zero-order valence-electron chi connectivity index (χ0n) is 14.5. The van der Waals surface area contributed by atoms with Gasteiger partial charge < -0.3 is 5.11 Å². The lowest BCUT2D eigenvalue weighted by molar-refractivity contribution is -0.168. The van der Waals surface area contributed by atoms with Gasteiger partial charge in [0.25, 0.3) is 5.92 Å². The van der Waals surface area contributed by atoms with Gasteiger partial charge in [0.15, 0.2) is 0 Å². The zero-order chi connectivity index (χ0) is 17.3.